The SMILES string of the molecule is CCNC(=NCC1CCCc2ccccc21)NCCC(F)(F)F. The molecule has 1 atom stereocenters. The highest BCUT2D eigenvalue weighted by molar-refractivity contribution is 5.79. The Labute approximate surface area is 135 Å². The molecule has 0 radical (unpaired) electrons. The van der Waals surface area contributed by atoms with E-state index in [1.54, 1.807) is 0 Å². The molecule has 0 aliphatic heterocycles. The minimum Gasteiger partial charge on any atom is -0.357 e. The summed E-state index contributed by atoms with van der Waals surface area (Å²) < 4.78 is 36.7. The highest BCUT2D eigenvalue weighted by Crippen LogP contribution is 2.31. The lowest BCUT2D eigenvalue weighted by Gasteiger charge is -2.24. The number of hydrogen-bond acceptors (Lipinski definition) is 1. The Morgan fingerprint density at radius 2 is 2.04 bits per heavy atom. The lowest BCUT2D eigenvalue weighted by Crippen LogP contribution is -2.39. The first-order valence-corrected chi connectivity index (χ1v) is 8.16. The molecule has 0 spiro atoms. The number of benzene rings is 1. The van der Waals surface area contributed by atoms with E-state index in [-0.39, 0.29) is 6.54 Å². The third-order valence-electron chi connectivity index (χ3n) is 4.01. The molecule has 1 aromatic rings. The predicted octanol–water partition coefficient (Wildman–Crippen LogP) is 3.61. The topological polar surface area (TPSA) is 36.4 Å². The predicted molar refractivity (Wildman–Crippen MR) is 86.8 cm³/mol. The van der Waals surface area contributed by atoms with Crippen LogP contribution < -0.4 is 10.6 Å². The maximum Gasteiger partial charge on any atom is 0.390 e. The summed E-state index contributed by atoms with van der Waals surface area (Å²) in [7, 11) is 0. The van der Waals surface area contributed by atoms with E-state index in [1.165, 1.54) is 11.1 Å². The van der Waals surface area contributed by atoms with Gasteiger partial charge in [0.05, 0.1) is 6.42 Å². The first kappa shape index (κ1) is 17.6. The zero-order valence-electron chi connectivity index (χ0n) is 13.4. The van der Waals surface area contributed by atoms with Gasteiger partial charge in [0, 0.05) is 25.6 Å². The van der Waals surface area contributed by atoms with E-state index in [0.717, 1.165) is 19.3 Å². The Morgan fingerprint density at radius 3 is 2.78 bits per heavy atom. The Kier molecular flexibility index (Phi) is 6.30. The van der Waals surface area contributed by atoms with E-state index in [9.17, 15) is 13.2 Å². The van der Waals surface area contributed by atoms with Crippen LogP contribution in [0, 0.1) is 0 Å². The zero-order valence-corrected chi connectivity index (χ0v) is 13.4. The van der Waals surface area contributed by atoms with Crippen LogP contribution in [0.4, 0.5) is 13.2 Å². The number of rotatable bonds is 5. The van der Waals surface area contributed by atoms with Crippen LogP contribution in [0.5, 0.6) is 0 Å². The second-order valence-electron chi connectivity index (χ2n) is 5.80. The normalized spacial score (nSPS) is 18.4. The number of aliphatic imine (C=N–C) groups is 1. The summed E-state index contributed by atoms with van der Waals surface area (Å²) in [5.74, 6) is 0.804. The summed E-state index contributed by atoms with van der Waals surface area (Å²) in [5.41, 5.74) is 2.70. The second-order valence-corrected chi connectivity index (χ2v) is 5.80. The number of hydrogen-bond donors (Lipinski definition) is 2. The summed E-state index contributed by atoms with van der Waals surface area (Å²) in [4.78, 5) is 4.48. The molecule has 0 fully saturated rings. The molecule has 6 heteroatoms. The van der Waals surface area contributed by atoms with Gasteiger partial charge in [0.15, 0.2) is 5.96 Å². The molecule has 0 amide bonds. The average Bonchev–Trinajstić information content (AvgIpc) is 2.51. The minimum absolute atomic E-state index is 0.156. The molecule has 1 unspecified atom stereocenters. The molecule has 0 aromatic heterocycles. The fourth-order valence-corrected chi connectivity index (χ4v) is 2.91. The molecule has 0 saturated heterocycles. The Balaban J connectivity index is 1.95. The molecule has 1 aliphatic rings. The van der Waals surface area contributed by atoms with Crippen LogP contribution in [0.1, 0.15) is 43.2 Å². The third-order valence-corrected chi connectivity index (χ3v) is 4.01. The van der Waals surface area contributed by atoms with Crippen LogP contribution >= 0.6 is 0 Å². The van der Waals surface area contributed by atoms with Crippen LogP contribution in [0.25, 0.3) is 0 Å². The summed E-state index contributed by atoms with van der Waals surface area (Å²) in [6, 6.07) is 8.37. The van der Waals surface area contributed by atoms with Crippen LogP contribution in [-0.4, -0.2) is 31.8 Å². The number of nitrogens with one attached hydrogen (secondary N) is 2. The van der Waals surface area contributed by atoms with Crippen molar-refractivity contribution in [3.05, 3.63) is 35.4 Å². The Morgan fingerprint density at radius 1 is 1.26 bits per heavy atom. The Hall–Kier alpha value is -1.72. The van der Waals surface area contributed by atoms with Crippen molar-refractivity contribution < 1.29 is 13.2 Å². The molecule has 0 bridgehead atoms. The minimum atomic E-state index is -4.15. The molecule has 1 aliphatic carbocycles. The number of halogens is 3. The van der Waals surface area contributed by atoms with Gasteiger partial charge in [0.2, 0.25) is 0 Å². The molecule has 3 nitrogen and oxygen atoms in total. The maximum absolute atomic E-state index is 12.2. The zero-order chi connectivity index (χ0) is 16.7. The largest absolute Gasteiger partial charge is 0.390 e. The first-order valence-electron chi connectivity index (χ1n) is 8.16. The lowest BCUT2D eigenvalue weighted by molar-refractivity contribution is -0.132. The van der Waals surface area contributed by atoms with Gasteiger partial charge in [-0.2, -0.15) is 13.2 Å². The van der Waals surface area contributed by atoms with E-state index < -0.39 is 12.6 Å². The van der Waals surface area contributed by atoms with Crippen LogP contribution in [-0.2, 0) is 6.42 Å². The van der Waals surface area contributed by atoms with Crippen LogP contribution in [0.15, 0.2) is 29.3 Å². The van der Waals surface area contributed by atoms with Gasteiger partial charge in [-0.15, -0.1) is 0 Å². The third kappa shape index (κ3) is 5.77. The number of alkyl halides is 3. The molecule has 0 saturated carbocycles. The lowest BCUT2D eigenvalue weighted by atomic mass is 9.83. The van der Waals surface area contributed by atoms with Crippen molar-refractivity contribution in [2.24, 2.45) is 4.99 Å². The monoisotopic (exact) mass is 327 g/mol. The standard InChI is InChI=1S/C17H24F3N3/c1-2-21-16(22-11-10-17(18,19)20)23-12-14-8-5-7-13-6-3-4-9-15(13)14/h3-4,6,9,14H,2,5,7-8,10-12H2,1H3,(H2,21,22,23). The summed E-state index contributed by atoms with van der Waals surface area (Å²) in [5, 5.41) is 5.76. The molecule has 0 heterocycles. The summed E-state index contributed by atoms with van der Waals surface area (Å²) in [6.45, 7) is 2.96. The van der Waals surface area contributed by atoms with Crippen molar-refractivity contribution >= 4 is 5.96 Å². The van der Waals surface area contributed by atoms with Gasteiger partial charge in [-0.25, -0.2) is 0 Å². The van der Waals surface area contributed by atoms with Crippen molar-refractivity contribution in [3.63, 3.8) is 0 Å². The number of aryl methyl sites for hydroxylation is 1. The van der Waals surface area contributed by atoms with Crippen molar-refractivity contribution in [2.75, 3.05) is 19.6 Å². The van der Waals surface area contributed by atoms with Gasteiger partial charge in [-0.05, 0) is 37.3 Å². The van der Waals surface area contributed by atoms with Gasteiger partial charge in [-0.3, -0.25) is 4.99 Å². The first-order chi connectivity index (χ1) is 11.0. The molecular formula is C17H24F3N3. The van der Waals surface area contributed by atoms with Crippen molar-refractivity contribution in [1.29, 1.82) is 0 Å². The smallest absolute Gasteiger partial charge is 0.357 e. The van der Waals surface area contributed by atoms with Crippen molar-refractivity contribution in [1.82, 2.24) is 10.6 Å². The molecule has 2 N–H and O–H groups in total. The molecule has 1 aromatic carbocycles. The highest BCUT2D eigenvalue weighted by Gasteiger charge is 2.26. The van der Waals surface area contributed by atoms with Crippen LogP contribution in [0.3, 0.4) is 0 Å². The van der Waals surface area contributed by atoms with Gasteiger partial charge in [0.1, 0.15) is 0 Å². The highest BCUT2D eigenvalue weighted by atomic mass is 19.4. The van der Waals surface area contributed by atoms with Gasteiger partial charge in [-0.1, -0.05) is 24.3 Å². The van der Waals surface area contributed by atoms with Crippen molar-refractivity contribution in [3.8, 4) is 0 Å². The molecule has 2 rings (SSSR count). The quantitative estimate of drug-likeness (QED) is 0.640. The average molecular weight is 327 g/mol. The van der Waals surface area contributed by atoms with E-state index in [2.05, 4.69) is 27.8 Å². The van der Waals surface area contributed by atoms with Crippen LogP contribution in [0.2, 0.25) is 0 Å². The van der Waals surface area contributed by atoms with E-state index >= 15 is 0 Å². The van der Waals surface area contributed by atoms with Gasteiger partial charge in [0.25, 0.3) is 0 Å². The number of fused-ring (bicyclic) bond motifs is 1. The fraction of sp³-hybridized carbons (Fsp3) is 0.588. The van der Waals surface area contributed by atoms with E-state index in [0.29, 0.717) is 25.0 Å². The van der Waals surface area contributed by atoms with Gasteiger partial charge < -0.3 is 10.6 Å². The molecule has 128 valence electrons. The molecule has 23 heavy (non-hydrogen) atoms. The Bertz CT molecular complexity index is 526. The second kappa shape index (κ2) is 8.22. The fourth-order valence-electron chi connectivity index (χ4n) is 2.91. The van der Waals surface area contributed by atoms with Gasteiger partial charge >= 0.3 is 6.18 Å². The maximum atomic E-state index is 12.2. The van der Waals surface area contributed by atoms with E-state index in [1.807, 2.05) is 19.1 Å². The number of guanidine groups is 1. The molecular weight excluding hydrogens is 303 g/mol. The van der Waals surface area contributed by atoms with Crippen molar-refractivity contribution in [2.45, 2.75) is 44.7 Å². The van der Waals surface area contributed by atoms with E-state index in [4.69, 9.17) is 0 Å². The summed E-state index contributed by atoms with van der Waals surface area (Å²) in [6.07, 6.45) is -1.70. The number of nitrogens with zero attached hydrogens (tertiary/aromatic N) is 1. The summed E-state index contributed by atoms with van der Waals surface area (Å²) >= 11 is 0.